The summed E-state index contributed by atoms with van der Waals surface area (Å²) in [5.74, 6) is 0. The number of benzene rings is 11. The molecule has 0 radical (unpaired) electrons. The highest BCUT2D eigenvalue weighted by Gasteiger charge is 2.19. The van der Waals surface area contributed by atoms with Gasteiger partial charge in [0, 0.05) is 33.2 Å². The molecule has 11 aromatic carbocycles. The van der Waals surface area contributed by atoms with Crippen LogP contribution < -0.4 is 4.90 Å². The van der Waals surface area contributed by atoms with E-state index in [0.717, 1.165) is 33.9 Å². The maximum Gasteiger partial charge on any atom is 0.0547 e. The number of anilines is 3. The standard InChI is InChI=1S/C60H40N2/c1-2-14-44(15-3-1)54-27-12-20-46-34-39-58-60(59(46)54)55-25-8-9-28-57(55)62(58)49-35-30-41(31-36-49)47-21-10-22-50(40-47)61(56-29-13-19-43-17-5-7-24-53(43)56)48-37-32-45(33-38-48)52-26-11-18-42-16-4-6-23-51(42)52/h1-40H. The second-order valence-corrected chi connectivity index (χ2v) is 16.1. The number of nitrogens with zero attached hydrogens (tertiary/aromatic N) is 2. The van der Waals surface area contributed by atoms with E-state index in [4.69, 9.17) is 0 Å². The Balaban J connectivity index is 0.960. The zero-order valence-corrected chi connectivity index (χ0v) is 34.0. The van der Waals surface area contributed by atoms with Crippen LogP contribution in [0.1, 0.15) is 0 Å². The number of rotatable bonds is 7. The molecule has 0 bridgehead atoms. The summed E-state index contributed by atoms with van der Waals surface area (Å²) in [6.45, 7) is 0. The molecule has 0 amide bonds. The minimum atomic E-state index is 1.10. The van der Waals surface area contributed by atoms with Crippen molar-refractivity contribution in [2.24, 2.45) is 0 Å². The molecule has 0 aliphatic rings. The minimum Gasteiger partial charge on any atom is -0.310 e. The maximum absolute atomic E-state index is 2.43. The van der Waals surface area contributed by atoms with E-state index in [9.17, 15) is 0 Å². The Morgan fingerprint density at radius 3 is 1.68 bits per heavy atom. The molecular weight excluding hydrogens is 749 g/mol. The Morgan fingerprint density at radius 1 is 0.290 bits per heavy atom. The predicted octanol–water partition coefficient (Wildman–Crippen LogP) is 16.7. The Hall–Kier alpha value is -8.20. The van der Waals surface area contributed by atoms with E-state index in [1.807, 2.05) is 0 Å². The van der Waals surface area contributed by atoms with Crippen LogP contribution >= 0.6 is 0 Å². The Kier molecular flexibility index (Phi) is 8.53. The van der Waals surface area contributed by atoms with E-state index >= 15 is 0 Å². The summed E-state index contributed by atoms with van der Waals surface area (Å²) in [7, 11) is 0. The van der Waals surface area contributed by atoms with E-state index in [1.165, 1.54) is 76.4 Å². The first-order valence-corrected chi connectivity index (χ1v) is 21.3. The van der Waals surface area contributed by atoms with Gasteiger partial charge in [-0.3, -0.25) is 0 Å². The van der Waals surface area contributed by atoms with Gasteiger partial charge in [0.15, 0.2) is 0 Å². The summed E-state index contributed by atoms with van der Waals surface area (Å²) in [5.41, 5.74) is 14.1. The van der Waals surface area contributed by atoms with Gasteiger partial charge in [-0.25, -0.2) is 0 Å². The number of para-hydroxylation sites is 1. The van der Waals surface area contributed by atoms with Gasteiger partial charge in [-0.1, -0.05) is 188 Å². The van der Waals surface area contributed by atoms with E-state index in [2.05, 4.69) is 252 Å². The average Bonchev–Trinajstić information content (AvgIpc) is 3.69. The molecular formula is C60H40N2. The summed E-state index contributed by atoms with van der Waals surface area (Å²) in [5, 5.41) is 10.0. The zero-order valence-electron chi connectivity index (χ0n) is 34.0. The number of hydrogen-bond donors (Lipinski definition) is 0. The first kappa shape index (κ1) is 35.7. The first-order valence-electron chi connectivity index (χ1n) is 21.3. The van der Waals surface area contributed by atoms with Crippen molar-refractivity contribution in [1.82, 2.24) is 4.57 Å². The van der Waals surface area contributed by atoms with Gasteiger partial charge in [-0.2, -0.15) is 0 Å². The molecule has 2 nitrogen and oxygen atoms in total. The fraction of sp³-hybridized carbons (Fsp3) is 0. The van der Waals surface area contributed by atoms with Crippen LogP contribution in [-0.2, 0) is 0 Å². The topological polar surface area (TPSA) is 8.17 Å². The lowest BCUT2D eigenvalue weighted by Crippen LogP contribution is -2.10. The SMILES string of the molecule is c1ccc(-c2cccc3ccc4c(c5ccccc5n4-c4ccc(-c5cccc(N(c6ccc(-c7cccc8ccccc78)cc6)c6cccc7ccccc67)c5)cc4)c23)cc1. The van der Waals surface area contributed by atoms with Crippen LogP contribution in [0.15, 0.2) is 243 Å². The lowest BCUT2D eigenvalue weighted by atomic mass is 9.94. The van der Waals surface area contributed by atoms with Gasteiger partial charge in [0.25, 0.3) is 0 Å². The van der Waals surface area contributed by atoms with Crippen LogP contribution in [0.25, 0.3) is 93.2 Å². The third-order valence-corrected chi connectivity index (χ3v) is 12.6. The van der Waals surface area contributed by atoms with Crippen molar-refractivity contribution in [3.63, 3.8) is 0 Å². The normalized spacial score (nSPS) is 11.5. The van der Waals surface area contributed by atoms with Crippen LogP contribution in [0, 0.1) is 0 Å². The van der Waals surface area contributed by atoms with E-state index < -0.39 is 0 Å². The van der Waals surface area contributed by atoms with Crippen LogP contribution in [0.4, 0.5) is 17.1 Å². The molecule has 0 saturated carbocycles. The van der Waals surface area contributed by atoms with Gasteiger partial charge >= 0.3 is 0 Å². The van der Waals surface area contributed by atoms with E-state index in [0.29, 0.717) is 0 Å². The Bertz CT molecular complexity index is 3610. The van der Waals surface area contributed by atoms with Crippen molar-refractivity contribution in [3.05, 3.63) is 243 Å². The molecule has 0 unspecified atom stereocenters. The molecule has 12 aromatic rings. The van der Waals surface area contributed by atoms with E-state index in [1.54, 1.807) is 0 Å². The van der Waals surface area contributed by atoms with Gasteiger partial charge in [-0.15, -0.1) is 0 Å². The molecule has 0 saturated heterocycles. The van der Waals surface area contributed by atoms with Crippen molar-refractivity contribution in [1.29, 1.82) is 0 Å². The third-order valence-electron chi connectivity index (χ3n) is 12.6. The van der Waals surface area contributed by atoms with Crippen molar-refractivity contribution in [3.8, 4) is 39.1 Å². The summed E-state index contributed by atoms with van der Waals surface area (Å²) < 4.78 is 2.43. The van der Waals surface area contributed by atoms with Crippen molar-refractivity contribution in [2.75, 3.05) is 4.90 Å². The number of hydrogen-bond acceptors (Lipinski definition) is 1. The maximum atomic E-state index is 2.43. The van der Waals surface area contributed by atoms with Gasteiger partial charge in [-0.05, 0) is 115 Å². The van der Waals surface area contributed by atoms with E-state index in [-0.39, 0.29) is 0 Å². The monoisotopic (exact) mass is 788 g/mol. The predicted molar refractivity (Wildman–Crippen MR) is 264 cm³/mol. The lowest BCUT2D eigenvalue weighted by Gasteiger charge is -2.27. The first-order chi connectivity index (χ1) is 30.8. The highest BCUT2D eigenvalue weighted by molar-refractivity contribution is 6.25. The molecule has 0 aliphatic carbocycles. The summed E-state index contributed by atoms with van der Waals surface area (Å²) in [4.78, 5) is 2.40. The summed E-state index contributed by atoms with van der Waals surface area (Å²) >= 11 is 0. The minimum absolute atomic E-state index is 1.10. The van der Waals surface area contributed by atoms with Crippen molar-refractivity contribution in [2.45, 2.75) is 0 Å². The van der Waals surface area contributed by atoms with Crippen LogP contribution in [0.3, 0.4) is 0 Å². The van der Waals surface area contributed by atoms with Crippen LogP contribution in [-0.4, -0.2) is 4.57 Å². The van der Waals surface area contributed by atoms with Gasteiger partial charge < -0.3 is 9.47 Å². The Morgan fingerprint density at radius 2 is 0.871 bits per heavy atom. The second-order valence-electron chi connectivity index (χ2n) is 16.1. The van der Waals surface area contributed by atoms with Crippen LogP contribution in [0.5, 0.6) is 0 Å². The summed E-state index contributed by atoms with van der Waals surface area (Å²) in [6, 6.07) is 88.4. The highest BCUT2D eigenvalue weighted by atomic mass is 15.1. The molecule has 0 atom stereocenters. The van der Waals surface area contributed by atoms with Crippen molar-refractivity contribution < 1.29 is 0 Å². The number of fused-ring (bicyclic) bond motifs is 7. The summed E-state index contributed by atoms with van der Waals surface area (Å²) in [6.07, 6.45) is 0. The molecule has 0 fully saturated rings. The molecule has 1 heterocycles. The third kappa shape index (κ3) is 5.96. The smallest absolute Gasteiger partial charge is 0.0547 e. The molecule has 0 aliphatic heterocycles. The molecule has 2 heteroatoms. The molecule has 1 aromatic heterocycles. The molecule has 62 heavy (non-hydrogen) atoms. The second kappa shape index (κ2) is 14.8. The highest BCUT2D eigenvalue weighted by Crippen LogP contribution is 2.43. The van der Waals surface area contributed by atoms with Crippen LogP contribution in [0.2, 0.25) is 0 Å². The van der Waals surface area contributed by atoms with Crippen molar-refractivity contribution >= 4 is 71.2 Å². The molecule has 290 valence electrons. The Labute approximate surface area is 360 Å². The number of aromatic nitrogens is 1. The largest absolute Gasteiger partial charge is 0.310 e. The average molecular weight is 789 g/mol. The van der Waals surface area contributed by atoms with Gasteiger partial charge in [0.1, 0.15) is 0 Å². The fourth-order valence-corrected chi connectivity index (χ4v) is 9.70. The fourth-order valence-electron chi connectivity index (χ4n) is 9.70. The lowest BCUT2D eigenvalue weighted by molar-refractivity contribution is 1.18. The zero-order chi connectivity index (χ0) is 41.0. The molecule has 0 spiro atoms. The van der Waals surface area contributed by atoms with Gasteiger partial charge in [0.2, 0.25) is 0 Å². The van der Waals surface area contributed by atoms with Gasteiger partial charge in [0.05, 0.1) is 16.7 Å². The quantitative estimate of drug-likeness (QED) is 0.156. The molecule has 0 N–H and O–H groups in total. The molecule has 12 rings (SSSR count).